The van der Waals surface area contributed by atoms with E-state index in [-0.39, 0.29) is 28.6 Å². The van der Waals surface area contributed by atoms with Crippen molar-refractivity contribution in [3.63, 3.8) is 0 Å². The lowest BCUT2D eigenvalue weighted by molar-refractivity contribution is -0.394. The van der Waals surface area contributed by atoms with Crippen molar-refractivity contribution in [2.24, 2.45) is 46.3 Å². The van der Waals surface area contributed by atoms with E-state index in [2.05, 4.69) is 40.7 Å². The van der Waals surface area contributed by atoms with Crippen LogP contribution in [0.25, 0.3) is 0 Å². The van der Waals surface area contributed by atoms with Gasteiger partial charge in [0, 0.05) is 12.5 Å². The summed E-state index contributed by atoms with van der Waals surface area (Å²) in [5, 5.41) is 22.8. The molecule has 0 saturated heterocycles. The van der Waals surface area contributed by atoms with Crippen LogP contribution in [0.5, 0.6) is 5.75 Å². The Kier molecular flexibility index (Phi) is 8.06. The van der Waals surface area contributed by atoms with E-state index in [0.29, 0.717) is 11.3 Å². The number of benzene rings is 1. The lowest BCUT2D eigenvalue weighted by Crippen LogP contribution is -2.51. The second-order valence-electron chi connectivity index (χ2n) is 14.4. The molecule has 7 nitrogen and oxygen atoms in total. The third-order valence-electron chi connectivity index (χ3n) is 11.9. The van der Waals surface area contributed by atoms with Gasteiger partial charge in [0.25, 0.3) is 5.69 Å². The molecule has 0 aromatic heterocycles. The number of nitrogens with zero attached hydrogens (tertiary/aromatic N) is 2. The number of rotatable bonds is 9. The quantitative estimate of drug-likeness (QED) is 0.173. The van der Waals surface area contributed by atoms with Crippen molar-refractivity contribution in [3.05, 3.63) is 50.1 Å². The fourth-order valence-corrected chi connectivity index (χ4v) is 9.79. The van der Waals surface area contributed by atoms with Crippen molar-refractivity contribution in [2.75, 3.05) is 0 Å². The fraction of sp³-hybridized carbons (Fsp3) is 0.758. The average molecular weight is 553 g/mol. The van der Waals surface area contributed by atoms with Gasteiger partial charge in [-0.15, -0.1) is 0 Å². The van der Waals surface area contributed by atoms with Gasteiger partial charge >= 0.3 is 5.69 Å². The maximum Gasteiger partial charge on any atom is 0.317 e. The van der Waals surface area contributed by atoms with Crippen LogP contribution in [0.3, 0.4) is 0 Å². The average Bonchev–Trinajstić information content (AvgIpc) is 3.26. The van der Waals surface area contributed by atoms with Gasteiger partial charge in [0.05, 0.1) is 15.9 Å². The third kappa shape index (κ3) is 5.18. The van der Waals surface area contributed by atoms with E-state index in [4.69, 9.17) is 4.74 Å². The Labute approximate surface area is 239 Å². The van der Waals surface area contributed by atoms with Crippen LogP contribution in [-0.4, -0.2) is 16.0 Å². The number of hydrogen-bond acceptors (Lipinski definition) is 5. The van der Waals surface area contributed by atoms with Crippen LogP contribution in [0.1, 0.15) is 105 Å². The standard InChI is InChI=1S/C33H48N2O5/c1-21(2)7-6-8-22(3)27-12-13-28-26-11-9-23-19-25(15-17-32(23,4)29(26)16-18-33(27,28)5)40-31-14-10-24(34(36)37)20-30(31)35(38)39/h9-10,14,20-22,25-29H,6-8,11-13,15-19H2,1-5H3. The highest BCUT2D eigenvalue weighted by atomic mass is 16.6. The number of nitro benzene ring substituents is 2. The zero-order valence-corrected chi connectivity index (χ0v) is 25.1. The number of allylic oxidation sites excluding steroid dienone is 1. The first-order valence-corrected chi connectivity index (χ1v) is 15.7. The van der Waals surface area contributed by atoms with E-state index in [1.54, 1.807) is 0 Å². The van der Waals surface area contributed by atoms with Crippen molar-refractivity contribution in [3.8, 4) is 5.75 Å². The maximum absolute atomic E-state index is 11.6. The zero-order valence-electron chi connectivity index (χ0n) is 25.1. The minimum absolute atomic E-state index is 0.131. The first-order chi connectivity index (χ1) is 18.9. The van der Waals surface area contributed by atoms with Crippen LogP contribution in [-0.2, 0) is 0 Å². The minimum atomic E-state index is -0.610. The van der Waals surface area contributed by atoms with Gasteiger partial charge in [-0.25, -0.2) is 0 Å². The molecule has 0 aliphatic heterocycles. The van der Waals surface area contributed by atoms with Crippen molar-refractivity contribution in [1.82, 2.24) is 0 Å². The van der Waals surface area contributed by atoms with Crippen molar-refractivity contribution < 1.29 is 14.6 Å². The first kappa shape index (κ1) is 29.1. The molecule has 0 amide bonds. The normalized spacial score (nSPS) is 35.8. The Morgan fingerprint density at radius 3 is 2.45 bits per heavy atom. The topological polar surface area (TPSA) is 95.5 Å². The number of nitro groups is 2. The smallest absolute Gasteiger partial charge is 0.317 e. The molecule has 220 valence electrons. The predicted octanol–water partition coefficient (Wildman–Crippen LogP) is 9.29. The van der Waals surface area contributed by atoms with E-state index >= 15 is 0 Å². The van der Waals surface area contributed by atoms with E-state index in [1.165, 1.54) is 62.7 Å². The summed E-state index contributed by atoms with van der Waals surface area (Å²) in [4.78, 5) is 21.6. The predicted molar refractivity (Wildman–Crippen MR) is 157 cm³/mol. The Hall–Kier alpha value is -2.44. The third-order valence-corrected chi connectivity index (χ3v) is 11.9. The molecule has 40 heavy (non-hydrogen) atoms. The summed E-state index contributed by atoms with van der Waals surface area (Å²) >= 11 is 0. The molecular weight excluding hydrogens is 504 g/mol. The van der Waals surface area contributed by atoms with Crippen LogP contribution >= 0.6 is 0 Å². The molecule has 0 N–H and O–H groups in total. The summed E-state index contributed by atoms with van der Waals surface area (Å²) in [5.74, 6) is 4.87. The molecule has 1 aromatic carbocycles. The maximum atomic E-state index is 11.6. The van der Waals surface area contributed by atoms with Crippen molar-refractivity contribution in [2.45, 2.75) is 111 Å². The summed E-state index contributed by atoms with van der Waals surface area (Å²) in [6, 6.07) is 3.68. The molecule has 0 radical (unpaired) electrons. The molecule has 8 atom stereocenters. The highest BCUT2D eigenvalue weighted by Crippen LogP contribution is 2.67. The molecule has 1 aromatic rings. The molecule has 0 heterocycles. The second kappa shape index (κ2) is 11.1. The van der Waals surface area contributed by atoms with Gasteiger partial charge < -0.3 is 4.74 Å². The number of ether oxygens (including phenoxy) is 1. The van der Waals surface area contributed by atoms with Gasteiger partial charge in [0.2, 0.25) is 0 Å². The summed E-state index contributed by atoms with van der Waals surface area (Å²) < 4.78 is 6.18. The number of non-ortho nitro benzene ring substituents is 1. The molecule has 7 heteroatoms. The van der Waals surface area contributed by atoms with E-state index in [0.717, 1.165) is 61.3 Å². The second-order valence-corrected chi connectivity index (χ2v) is 14.4. The minimum Gasteiger partial charge on any atom is -0.483 e. The monoisotopic (exact) mass is 552 g/mol. The summed E-state index contributed by atoms with van der Waals surface area (Å²) in [6.45, 7) is 12.3. The van der Waals surface area contributed by atoms with Crippen LogP contribution in [0.4, 0.5) is 11.4 Å². The van der Waals surface area contributed by atoms with Gasteiger partial charge in [-0.2, -0.15) is 0 Å². The molecule has 3 saturated carbocycles. The lowest BCUT2D eigenvalue weighted by Gasteiger charge is -2.58. The SMILES string of the molecule is CC(C)CCCC(C)C1CCC2C3CC=C4CC(Oc5ccc([N+](=O)[O-])cc5[N+](=O)[O-])CCC4(C)C3CCC12C. The summed E-state index contributed by atoms with van der Waals surface area (Å²) in [6.07, 6.45) is 15.7. The van der Waals surface area contributed by atoms with Crippen molar-refractivity contribution >= 4 is 11.4 Å². The fourth-order valence-electron chi connectivity index (χ4n) is 9.79. The van der Waals surface area contributed by atoms with Crippen LogP contribution in [0.2, 0.25) is 0 Å². The Morgan fingerprint density at radius 1 is 0.975 bits per heavy atom. The Balaban J connectivity index is 1.28. The van der Waals surface area contributed by atoms with Gasteiger partial charge in [-0.3, -0.25) is 20.2 Å². The van der Waals surface area contributed by atoms with Crippen LogP contribution in [0, 0.1) is 66.6 Å². The van der Waals surface area contributed by atoms with Crippen LogP contribution in [0.15, 0.2) is 29.8 Å². The molecule has 5 rings (SSSR count). The highest BCUT2D eigenvalue weighted by molar-refractivity contribution is 5.53. The summed E-state index contributed by atoms with van der Waals surface area (Å²) in [7, 11) is 0. The number of hydrogen-bond donors (Lipinski definition) is 0. The molecule has 3 fully saturated rings. The zero-order chi connectivity index (χ0) is 28.8. The molecular formula is C33H48N2O5. The highest BCUT2D eigenvalue weighted by Gasteiger charge is 2.59. The molecule has 0 spiro atoms. The van der Waals surface area contributed by atoms with E-state index in [1.807, 2.05) is 0 Å². The Morgan fingerprint density at radius 2 is 1.75 bits per heavy atom. The molecule has 4 aliphatic rings. The largest absolute Gasteiger partial charge is 0.483 e. The van der Waals surface area contributed by atoms with Gasteiger partial charge in [-0.05, 0) is 97.3 Å². The van der Waals surface area contributed by atoms with Gasteiger partial charge in [-0.1, -0.05) is 65.5 Å². The van der Waals surface area contributed by atoms with E-state index in [9.17, 15) is 20.2 Å². The Bertz CT molecular complexity index is 1160. The lowest BCUT2D eigenvalue weighted by atomic mass is 9.47. The molecule has 8 unspecified atom stereocenters. The first-order valence-electron chi connectivity index (χ1n) is 15.7. The number of fused-ring (bicyclic) bond motifs is 5. The van der Waals surface area contributed by atoms with Gasteiger partial charge in [0.15, 0.2) is 5.75 Å². The summed E-state index contributed by atoms with van der Waals surface area (Å²) in [5.41, 5.74) is 1.48. The van der Waals surface area contributed by atoms with Crippen molar-refractivity contribution in [1.29, 1.82) is 0 Å². The molecule has 0 bridgehead atoms. The van der Waals surface area contributed by atoms with Gasteiger partial charge in [0.1, 0.15) is 6.10 Å². The van der Waals surface area contributed by atoms with Crippen LogP contribution < -0.4 is 4.74 Å². The molecule has 4 aliphatic carbocycles. The van der Waals surface area contributed by atoms with E-state index < -0.39 is 9.85 Å².